The van der Waals surface area contributed by atoms with Gasteiger partial charge in [0.15, 0.2) is 0 Å². The highest BCUT2D eigenvalue weighted by Crippen LogP contribution is 2.43. The van der Waals surface area contributed by atoms with Crippen LogP contribution < -0.4 is 11.1 Å². The number of amides is 1. The Morgan fingerprint density at radius 2 is 1.13 bits per heavy atom. The van der Waals surface area contributed by atoms with Gasteiger partial charge in [0, 0.05) is 13.0 Å². The van der Waals surface area contributed by atoms with Crippen molar-refractivity contribution in [3.63, 3.8) is 0 Å². The first-order valence-corrected chi connectivity index (χ1v) is 20.6. The number of nitrogens with two attached hydrogens (primary N) is 1. The number of phosphoric ester groups is 1. The maximum absolute atomic E-state index is 12.7. The Morgan fingerprint density at radius 1 is 0.681 bits per heavy atom. The molecule has 3 atom stereocenters. The molecule has 0 aliphatic rings. The molecule has 276 valence electrons. The molecule has 0 aromatic heterocycles. The van der Waals surface area contributed by atoms with Gasteiger partial charge < -0.3 is 21.1 Å². The van der Waals surface area contributed by atoms with E-state index in [1.165, 1.54) is 109 Å². The van der Waals surface area contributed by atoms with E-state index < -0.39 is 20.0 Å². The molecule has 0 aliphatic carbocycles. The number of unbranched alkanes of at least 4 members (excludes halogenated alkanes) is 19. The average molecular weight is 685 g/mol. The summed E-state index contributed by atoms with van der Waals surface area (Å²) in [6.45, 7) is 4.06. The number of phosphoric acid groups is 1. The van der Waals surface area contributed by atoms with Crippen LogP contribution in [-0.4, -0.2) is 47.8 Å². The molecule has 0 spiro atoms. The number of aliphatic hydroxyl groups is 1. The second-order valence-electron chi connectivity index (χ2n) is 12.8. The Kier molecular flexibility index (Phi) is 33.6. The van der Waals surface area contributed by atoms with Crippen molar-refractivity contribution in [2.45, 2.75) is 180 Å². The highest BCUT2D eigenvalue weighted by atomic mass is 31.2. The van der Waals surface area contributed by atoms with Crippen LogP contribution in [0.25, 0.3) is 0 Å². The lowest BCUT2D eigenvalue weighted by atomic mass is 10.1. The average Bonchev–Trinajstić information content (AvgIpc) is 3.05. The van der Waals surface area contributed by atoms with Crippen LogP contribution in [0.5, 0.6) is 0 Å². The summed E-state index contributed by atoms with van der Waals surface area (Å²) >= 11 is 0. The first kappa shape index (κ1) is 45.7. The molecule has 0 aliphatic heterocycles. The van der Waals surface area contributed by atoms with E-state index >= 15 is 0 Å². The molecule has 0 aromatic rings. The molecule has 9 heteroatoms. The van der Waals surface area contributed by atoms with E-state index in [-0.39, 0.29) is 25.7 Å². The fourth-order valence-corrected chi connectivity index (χ4v) is 6.02. The Bertz CT molecular complexity index is 835. The number of carbonyl (C=O) groups is 1. The van der Waals surface area contributed by atoms with Crippen LogP contribution in [0.1, 0.15) is 168 Å². The maximum atomic E-state index is 12.7. The van der Waals surface area contributed by atoms with E-state index in [2.05, 4.69) is 43.5 Å². The zero-order chi connectivity index (χ0) is 34.7. The molecule has 0 rings (SSSR count). The summed E-state index contributed by atoms with van der Waals surface area (Å²) in [4.78, 5) is 22.6. The van der Waals surface area contributed by atoms with Crippen LogP contribution >= 0.6 is 7.82 Å². The highest BCUT2D eigenvalue weighted by molar-refractivity contribution is 7.47. The monoisotopic (exact) mass is 685 g/mol. The summed E-state index contributed by atoms with van der Waals surface area (Å²) in [5.74, 6) is -0.212. The van der Waals surface area contributed by atoms with Gasteiger partial charge in [0.1, 0.15) is 0 Å². The molecular weight excluding hydrogens is 611 g/mol. The van der Waals surface area contributed by atoms with Crippen molar-refractivity contribution in [1.82, 2.24) is 5.32 Å². The summed E-state index contributed by atoms with van der Waals surface area (Å²) in [6.07, 6.45) is 39.1. The Balaban J connectivity index is 4.31. The lowest BCUT2D eigenvalue weighted by Gasteiger charge is -2.23. The molecule has 0 saturated heterocycles. The van der Waals surface area contributed by atoms with Crippen LogP contribution in [0, 0.1) is 0 Å². The summed E-state index contributed by atoms with van der Waals surface area (Å²) in [6, 6.07) is -0.876. The topological polar surface area (TPSA) is 131 Å². The minimum atomic E-state index is -4.34. The Hall–Kier alpha value is -1.28. The number of allylic oxidation sites excluding steroid dienone is 5. The molecule has 8 nitrogen and oxygen atoms in total. The fourth-order valence-electron chi connectivity index (χ4n) is 5.26. The summed E-state index contributed by atoms with van der Waals surface area (Å²) in [5, 5.41) is 13.6. The van der Waals surface area contributed by atoms with E-state index in [0.29, 0.717) is 6.42 Å². The molecule has 0 bridgehead atoms. The minimum absolute atomic E-state index is 0.0729. The van der Waals surface area contributed by atoms with E-state index in [1.807, 2.05) is 6.08 Å². The van der Waals surface area contributed by atoms with Crippen molar-refractivity contribution < 1.29 is 28.4 Å². The number of nitrogens with one attached hydrogen (secondary N) is 1. The van der Waals surface area contributed by atoms with Crippen LogP contribution in [0.3, 0.4) is 0 Å². The summed E-state index contributed by atoms with van der Waals surface area (Å²) in [5.41, 5.74) is 5.35. The largest absolute Gasteiger partial charge is 0.472 e. The first-order valence-electron chi connectivity index (χ1n) is 19.1. The van der Waals surface area contributed by atoms with Gasteiger partial charge >= 0.3 is 7.82 Å². The van der Waals surface area contributed by atoms with E-state index in [1.54, 1.807) is 6.08 Å². The predicted octanol–water partition coefficient (Wildman–Crippen LogP) is 10.00. The van der Waals surface area contributed by atoms with E-state index in [9.17, 15) is 19.4 Å². The van der Waals surface area contributed by atoms with Crippen LogP contribution in [0.4, 0.5) is 0 Å². The van der Waals surface area contributed by atoms with Gasteiger partial charge in [0.05, 0.1) is 25.4 Å². The van der Waals surface area contributed by atoms with Gasteiger partial charge in [-0.3, -0.25) is 13.8 Å². The Labute approximate surface area is 289 Å². The van der Waals surface area contributed by atoms with Gasteiger partial charge in [-0.1, -0.05) is 140 Å². The molecule has 0 radical (unpaired) electrons. The van der Waals surface area contributed by atoms with E-state index in [4.69, 9.17) is 14.8 Å². The lowest BCUT2D eigenvalue weighted by molar-refractivity contribution is -0.123. The van der Waals surface area contributed by atoms with Gasteiger partial charge in [-0.15, -0.1) is 0 Å². The van der Waals surface area contributed by atoms with Crippen molar-refractivity contribution in [3.8, 4) is 0 Å². The first-order chi connectivity index (χ1) is 22.9. The predicted molar refractivity (Wildman–Crippen MR) is 198 cm³/mol. The minimum Gasteiger partial charge on any atom is -0.387 e. The lowest BCUT2D eigenvalue weighted by Crippen LogP contribution is -2.45. The smallest absolute Gasteiger partial charge is 0.387 e. The van der Waals surface area contributed by atoms with Gasteiger partial charge in [-0.05, 0) is 57.8 Å². The number of carbonyl (C=O) groups excluding carboxylic acids is 1. The Morgan fingerprint density at radius 3 is 1.64 bits per heavy atom. The maximum Gasteiger partial charge on any atom is 0.472 e. The molecule has 0 aromatic carbocycles. The van der Waals surface area contributed by atoms with Gasteiger partial charge in [0.25, 0.3) is 0 Å². The van der Waals surface area contributed by atoms with Gasteiger partial charge in [0.2, 0.25) is 5.91 Å². The molecule has 47 heavy (non-hydrogen) atoms. The molecule has 0 fully saturated rings. The third-order valence-electron chi connectivity index (χ3n) is 8.19. The molecule has 0 heterocycles. The molecule has 5 N–H and O–H groups in total. The third-order valence-corrected chi connectivity index (χ3v) is 9.17. The van der Waals surface area contributed by atoms with Gasteiger partial charge in [-0.25, -0.2) is 4.57 Å². The zero-order valence-corrected chi connectivity index (χ0v) is 31.2. The van der Waals surface area contributed by atoms with Crippen molar-refractivity contribution >= 4 is 13.7 Å². The highest BCUT2D eigenvalue weighted by Gasteiger charge is 2.26. The summed E-state index contributed by atoms with van der Waals surface area (Å²) in [7, 11) is -4.34. The quantitative estimate of drug-likeness (QED) is 0.0297. The summed E-state index contributed by atoms with van der Waals surface area (Å²) < 4.78 is 22.0. The van der Waals surface area contributed by atoms with Crippen LogP contribution in [0.2, 0.25) is 0 Å². The number of rotatable bonds is 35. The normalized spacial score (nSPS) is 14.7. The van der Waals surface area contributed by atoms with Crippen molar-refractivity contribution in [1.29, 1.82) is 0 Å². The molecule has 0 saturated carbocycles. The fraction of sp³-hybridized carbons (Fsp3) is 0.816. The molecular formula is C38H73N2O6P. The van der Waals surface area contributed by atoms with Crippen LogP contribution in [-0.2, 0) is 18.4 Å². The van der Waals surface area contributed by atoms with Crippen molar-refractivity contribution in [2.24, 2.45) is 5.73 Å². The third kappa shape index (κ3) is 33.0. The van der Waals surface area contributed by atoms with Gasteiger partial charge in [-0.2, -0.15) is 0 Å². The van der Waals surface area contributed by atoms with Crippen molar-refractivity contribution in [3.05, 3.63) is 36.5 Å². The molecule has 1 amide bonds. The van der Waals surface area contributed by atoms with Crippen LogP contribution in [0.15, 0.2) is 36.5 Å². The molecule has 3 unspecified atom stereocenters. The standard InChI is InChI=1S/C38H73N2O6P/c1-3-5-7-9-11-13-15-16-17-18-19-20-22-24-26-28-30-32-38(42)40-36(35-46-47(43,44)45-34-33-39)37(41)31-29-27-25-23-21-14-12-10-8-6-4-2/h16-17,21,23,29,31,36-37,41H,3-15,18-20,22,24-28,30,32-35,39H2,1-2H3,(H,40,42)(H,43,44)/b17-16-,23-21+,31-29+. The van der Waals surface area contributed by atoms with Crippen molar-refractivity contribution in [2.75, 3.05) is 19.8 Å². The number of aliphatic hydroxyl groups excluding tert-OH is 1. The number of hydrogen-bond acceptors (Lipinski definition) is 6. The SMILES string of the molecule is CCCCCCC/C=C/CC/C=C/C(O)C(COP(=O)(O)OCCN)NC(=O)CCCCCCCCC/C=C\CCCCCCCC. The second kappa shape index (κ2) is 34.6. The zero-order valence-electron chi connectivity index (χ0n) is 30.3. The number of hydrogen-bond donors (Lipinski definition) is 4. The van der Waals surface area contributed by atoms with E-state index in [0.717, 1.165) is 38.5 Å². The second-order valence-corrected chi connectivity index (χ2v) is 14.2.